The van der Waals surface area contributed by atoms with E-state index in [0.29, 0.717) is 0 Å². The third-order valence-corrected chi connectivity index (χ3v) is 1.39. The van der Waals surface area contributed by atoms with Crippen molar-refractivity contribution in [2.45, 2.75) is 26.4 Å². The van der Waals surface area contributed by atoms with E-state index in [-0.39, 0.29) is 5.17 Å². The second-order valence-corrected chi connectivity index (χ2v) is 4.10. The van der Waals surface area contributed by atoms with Crippen molar-refractivity contribution >= 4 is 23.0 Å². The molecule has 0 aliphatic carbocycles. The van der Waals surface area contributed by atoms with Gasteiger partial charge in [-0.1, -0.05) is 11.8 Å². The molecule has 0 radical (unpaired) electrons. The number of hydrogen-bond donors (Lipinski definition) is 3. The molecule has 0 heterocycles. The molecule has 0 aliphatic heterocycles. The van der Waals surface area contributed by atoms with Crippen molar-refractivity contribution in [3.63, 3.8) is 0 Å². The minimum absolute atomic E-state index is 0.158. The van der Waals surface area contributed by atoms with Crippen LogP contribution in [0.3, 0.4) is 0 Å². The van der Waals surface area contributed by atoms with E-state index in [4.69, 9.17) is 10.1 Å². The van der Waals surface area contributed by atoms with Gasteiger partial charge in [-0.3, -0.25) is 10.8 Å². The van der Waals surface area contributed by atoms with Gasteiger partial charge in [-0.25, -0.2) is 10.2 Å². The average molecular weight is 205 g/mol. The summed E-state index contributed by atoms with van der Waals surface area (Å²) in [5.74, 6) is 0. The quantitative estimate of drug-likeness (QED) is 0.317. The normalized spacial score (nSPS) is 10.5. The van der Waals surface area contributed by atoms with Crippen molar-refractivity contribution in [1.82, 2.24) is 10.9 Å². The second kappa shape index (κ2) is 4.96. The van der Waals surface area contributed by atoms with Crippen LogP contribution in [-0.2, 0) is 4.74 Å². The molecular weight excluding hydrogens is 190 g/mol. The van der Waals surface area contributed by atoms with Gasteiger partial charge >= 0.3 is 6.09 Å². The number of hydrogen-bond acceptors (Lipinski definition) is 4. The molecular formula is C7H15N3O2S. The van der Waals surface area contributed by atoms with Crippen LogP contribution in [0.5, 0.6) is 0 Å². The molecule has 0 aromatic heterocycles. The van der Waals surface area contributed by atoms with Gasteiger partial charge in [-0.2, -0.15) is 0 Å². The van der Waals surface area contributed by atoms with Gasteiger partial charge in [0.2, 0.25) is 0 Å². The summed E-state index contributed by atoms with van der Waals surface area (Å²) in [6.07, 6.45) is 1.14. The molecule has 0 aromatic carbocycles. The maximum absolute atomic E-state index is 11.0. The molecule has 3 N–H and O–H groups in total. The molecule has 0 fully saturated rings. The SMILES string of the molecule is CSC(=N)NNC(=O)OC(C)(C)C. The van der Waals surface area contributed by atoms with E-state index in [0.717, 1.165) is 0 Å². The zero-order valence-corrected chi connectivity index (χ0v) is 9.04. The van der Waals surface area contributed by atoms with Gasteiger partial charge in [-0.15, -0.1) is 0 Å². The predicted molar refractivity (Wildman–Crippen MR) is 53.7 cm³/mol. The maximum atomic E-state index is 11.0. The van der Waals surface area contributed by atoms with E-state index < -0.39 is 11.7 Å². The number of nitrogens with one attached hydrogen (secondary N) is 3. The Hall–Kier alpha value is -0.910. The molecule has 6 heteroatoms. The van der Waals surface area contributed by atoms with Crippen LogP contribution in [0.1, 0.15) is 20.8 Å². The largest absolute Gasteiger partial charge is 0.443 e. The van der Waals surface area contributed by atoms with Gasteiger partial charge in [0.05, 0.1) is 0 Å². The summed E-state index contributed by atoms with van der Waals surface area (Å²) in [5, 5.41) is 7.30. The highest BCUT2D eigenvalue weighted by atomic mass is 32.2. The molecule has 0 saturated carbocycles. The lowest BCUT2D eigenvalue weighted by molar-refractivity contribution is 0.0513. The Kier molecular flexibility index (Phi) is 4.61. The molecule has 0 bridgehead atoms. The first-order valence-electron chi connectivity index (χ1n) is 3.72. The minimum atomic E-state index is -0.591. The summed E-state index contributed by atoms with van der Waals surface area (Å²) in [6, 6.07) is 0. The van der Waals surface area contributed by atoms with E-state index >= 15 is 0 Å². The number of carbonyl (C=O) groups excluding carboxylic acids is 1. The second-order valence-electron chi connectivity index (χ2n) is 3.29. The summed E-state index contributed by atoms with van der Waals surface area (Å²) >= 11 is 1.19. The van der Waals surface area contributed by atoms with Gasteiger partial charge in [0.1, 0.15) is 5.60 Å². The summed E-state index contributed by atoms with van der Waals surface area (Å²) in [7, 11) is 0. The van der Waals surface area contributed by atoms with Crippen molar-refractivity contribution in [1.29, 1.82) is 5.41 Å². The molecule has 13 heavy (non-hydrogen) atoms. The van der Waals surface area contributed by atoms with E-state index in [2.05, 4.69) is 10.9 Å². The van der Waals surface area contributed by atoms with Crippen molar-refractivity contribution in [3.8, 4) is 0 Å². The van der Waals surface area contributed by atoms with Crippen LogP contribution < -0.4 is 10.9 Å². The molecule has 1 amide bonds. The molecule has 0 rings (SSSR count). The molecule has 0 atom stereocenters. The van der Waals surface area contributed by atoms with Gasteiger partial charge < -0.3 is 4.74 Å². The zero-order valence-electron chi connectivity index (χ0n) is 8.22. The summed E-state index contributed by atoms with van der Waals surface area (Å²) in [4.78, 5) is 11.0. The Morgan fingerprint density at radius 1 is 1.38 bits per heavy atom. The molecule has 0 unspecified atom stereocenters. The highest BCUT2D eigenvalue weighted by molar-refractivity contribution is 8.13. The van der Waals surface area contributed by atoms with E-state index in [1.807, 2.05) is 0 Å². The Labute approximate surface area is 82.1 Å². The number of carbonyl (C=O) groups is 1. The third-order valence-electron chi connectivity index (χ3n) is 0.881. The first kappa shape index (κ1) is 12.1. The molecule has 0 spiro atoms. The lowest BCUT2D eigenvalue weighted by Crippen LogP contribution is -2.43. The van der Waals surface area contributed by atoms with Crippen LogP contribution in [0.25, 0.3) is 0 Å². The zero-order chi connectivity index (χ0) is 10.5. The topological polar surface area (TPSA) is 74.2 Å². The number of rotatable bonds is 0. The van der Waals surface area contributed by atoms with Crippen molar-refractivity contribution in [2.75, 3.05) is 6.26 Å². The fraction of sp³-hybridized carbons (Fsp3) is 0.714. The Balaban J connectivity index is 3.71. The van der Waals surface area contributed by atoms with Gasteiger partial charge in [0.15, 0.2) is 5.17 Å². The van der Waals surface area contributed by atoms with Crippen molar-refractivity contribution in [2.24, 2.45) is 0 Å². The lowest BCUT2D eigenvalue weighted by atomic mass is 10.2. The summed E-state index contributed by atoms with van der Waals surface area (Å²) in [6.45, 7) is 5.31. The fourth-order valence-electron chi connectivity index (χ4n) is 0.462. The first-order valence-corrected chi connectivity index (χ1v) is 4.95. The first-order chi connectivity index (χ1) is 5.85. The number of amidine groups is 1. The van der Waals surface area contributed by atoms with Crippen LogP contribution in [0.4, 0.5) is 4.79 Å². The monoisotopic (exact) mass is 205 g/mol. The average Bonchev–Trinajstić information content (AvgIpc) is 1.97. The number of ether oxygens (including phenoxy) is 1. The lowest BCUT2D eigenvalue weighted by Gasteiger charge is -2.19. The van der Waals surface area contributed by atoms with E-state index in [9.17, 15) is 4.79 Å². The standard InChI is InChI=1S/C7H15N3O2S/c1-7(2,3)12-6(11)10-9-5(8)13-4/h1-4H3,(H2,8,9)(H,10,11). The minimum Gasteiger partial charge on any atom is -0.443 e. The summed E-state index contributed by atoms with van der Waals surface area (Å²) < 4.78 is 4.91. The Morgan fingerprint density at radius 3 is 2.31 bits per heavy atom. The van der Waals surface area contributed by atoms with E-state index in [1.165, 1.54) is 11.8 Å². The molecule has 76 valence electrons. The van der Waals surface area contributed by atoms with Crippen LogP contribution in [0.2, 0.25) is 0 Å². The predicted octanol–water partition coefficient (Wildman–Crippen LogP) is 1.31. The fourth-order valence-corrected chi connectivity index (χ4v) is 0.616. The van der Waals surface area contributed by atoms with Crippen LogP contribution >= 0.6 is 11.8 Å². The smallest absolute Gasteiger partial charge is 0.426 e. The molecule has 5 nitrogen and oxygen atoms in total. The Bertz CT molecular complexity index is 200. The third kappa shape index (κ3) is 7.45. The van der Waals surface area contributed by atoms with Gasteiger partial charge in [0, 0.05) is 0 Å². The van der Waals surface area contributed by atoms with Crippen LogP contribution in [0.15, 0.2) is 0 Å². The molecule has 0 aromatic rings. The van der Waals surface area contributed by atoms with E-state index in [1.54, 1.807) is 27.0 Å². The summed E-state index contributed by atoms with van der Waals surface area (Å²) in [5.41, 5.74) is 4.09. The number of amides is 1. The molecule has 0 saturated heterocycles. The highest BCUT2D eigenvalue weighted by Gasteiger charge is 2.15. The van der Waals surface area contributed by atoms with Gasteiger partial charge in [-0.05, 0) is 27.0 Å². The van der Waals surface area contributed by atoms with Crippen LogP contribution in [-0.4, -0.2) is 23.1 Å². The molecule has 0 aliphatic rings. The van der Waals surface area contributed by atoms with Gasteiger partial charge in [0.25, 0.3) is 0 Å². The van der Waals surface area contributed by atoms with Crippen molar-refractivity contribution < 1.29 is 9.53 Å². The number of hydrazine groups is 1. The number of thioether (sulfide) groups is 1. The van der Waals surface area contributed by atoms with Crippen molar-refractivity contribution in [3.05, 3.63) is 0 Å². The van der Waals surface area contributed by atoms with Crippen LogP contribution in [0, 0.1) is 5.41 Å². The Morgan fingerprint density at radius 2 is 1.92 bits per heavy atom. The maximum Gasteiger partial charge on any atom is 0.426 e. The highest BCUT2D eigenvalue weighted by Crippen LogP contribution is 2.05.